The molecule has 1 saturated carbocycles. The topological polar surface area (TPSA) is 91.0 Å². The van der Waals surface area contributed by atoms with Gasteiger partial charge in [-0.3, -0.25) is 4.79 Å². The van der Waals surface area contributed by atoms with Crippen molar-refractivity contribution in [3.8, 4) is 22.9 Å². The third kappa shape index (κ3) is 5.10. The van der Waals surface area contributed by atoms with Crippen LogP contribution >= 0.6 is 11.8 Å². The van der Waals surface area contributed by atoms with Gasteiger partial charge in [0.2, 0.25) is 0 Å². The summed E-state index contributed by atoms with van der Waals surface area (Å²) < 4.78 is 36.2. The SMILES string of the molecule is CSc1c(Oc2ccc(F)c(-c3ncc(C4(c5cccc(CCC(=O)O)c5)CCCC4)[nH]3)c2)c(F)cc2[nH]ccc12. The number of benzene rings is 3. The van der Waals surface area contributed by atoms with Crippen molar-refractivity contribution in [1.82, 2.24) is 15.0 Å². The number of aromatic nitrogens is 3. The Labute approximate surface area is 240 Å². The number of ether oxygens (including phenoxy) is 1. The number of carbonyl (C=O) groups is 1. The van der Waals surface area contributed by atoms with Crippen molar-refractivity contribution in [3.05, 3.63) is 95.4 Å². The first-order valence-electron chi connectivity index (χ1n) is 13.6. The maximum Gasteiger partial charge on any atom is 0.303 e. The van der Waals surface area contributed by atoms with Crippen LogP contribution in [0.1, 0.15) is 48.9 Å². The molecule has 2 heterocycles. The minimum Gasteiger partial charge on any atom is -0.481 e. The summed E-state index contributed by atoms with van der Waals surface area (Å²) in [7, 11) is 0. The van der Waals surface area contributed by atoms with Crippen molar-refractivity contribution in [2.24, 2.45) is 0 Å². The molecule has 9 heteroatoms. The number of carboxylic acid groups (broad SMARTS) is 1. The van der Waals surface area contributed by atoms with Gasteiger partial charge in [0, 0.05) is 46.9 Å². The van der Waals surface area contributed by atoms with Gasteiger partial charge in [-0.2, -0.15) is 0 Å². The molecule has 0 saturated heterocycles. The number of thioether (sulfide) groups is 1. The number of carboxylic acids is 1. The molecule has 210 valence electrons. The number of aliphatic carboxylic acids is 1. The fourth-order valence-electron chi connectivity index (χ4n) is 5.96. The van der Waals surface area contributed by atoms with Crippen molar-refractivity contribution in [2.75, 3.05) is 6.26 Å². The zero-order valence-electron chi connectivity index (χ0n) is 22.5. The predicted molar refractivity (Wildman–Crippen MR) is 156 cm³/mol. The maximum atomic E-state index is 15.1. The first-order chi connectivity index (χ1) is 19.9. The number of nitrogens with one attached hydrogen (secondary N) is 2. The number of aryl methyl sites for hydroxylation is 1. The van der Waals surface area contributed by atoms with Crippen molar-refractivity contribution < 1.29 is 23.4 Å². The first-order valence-corrected chi connectivity index (χ1v) is 14.8. The highest BCUT2D eigenvalue weighted by Gasteiger charge is 2.39. The minimum atomic E-state index is -0.824. The number of nitrogens with zero attached hydrogens (tertiary/aromatic N) is 1. The Bertz CT molecular complexity index is 1740. The van der Waals surface area contributed by atoms with E-state index in [0.717, 1.165) is 47.9 Å². The Hall–Kier alpha value is -4.11. The number of rotatable bonds is 9. The molecule has 6 rings (SSSR count). The van der Waals surface area contributed by atoms with Gasteiger partial charge in [0.25, 0.3) is 0 Å². The van der Waals surface area contributed by atoms with Gasteiger partial charge in [-0.05, 0) is 60.9 Å². The number of aromatic amines is 2. The van der Waals surface area contributed by atoms with Crippen molar-refractivity contribution in [3.63, 3.8) is 0 Å². The number of fused-ring (bicyclic) bond motifs is 1. The molecule has 0 bridgehead atoms. The van der Waals surface area contributed by atoms with E-state index < -0.39 is 17.6 Å². The lowest BCUT2D eigenvalue weighted by molar-refractivity contribution is -0.136. The van der Waals surface area contributed by atoms with Crippen molar-refractivity contribution in [1.29, 1.82) is 0 Å². The van der Waals surface area contributed by atoms with E-state index in [4.69, 9.17) is 9.84 Å². The van der Waals surface area contributed by atoms with Gasteiger partial charge < -0.3 is 19.8 Å². The Morgan fingerprint density at radius 1 is 1.10 bits per heavy atom. The molecule has 0 unspecified atom stereocenters. The van der Waals surface area contributed by atoms with Crippen LogP contribution in [0.3, 0.4) is 0 Å². The average molecular weight is 574 g/mol. The summed E-state index contributed by atoms with van der Waals surface area (Å²) in [4.78, 5) is 22.7. The number of imidazole rings is 1. The highest BCUT2D eigenvalue weighted by Crippen LogP contribution is 2.47. The quantitative estimate of drug-likeness (QED) is 0.155. The van der Waals surface area contributed by atoms with E-state index in [0.29, 0.717) is 28.4 Å². The van der Waals surface area contributed by atoms with Crippen LogP contribution in [0.25, 0.3) is 22.3 Å². The smallest absolute Gasteiger partial charge is 0.303 e. The summed E-state index contributed by atoms with van der Waals surface area (Å²) in [5.74, 6) is -1.05. The van der Waals surface area contributed by atoms with E-state index in [1.807, 2.05) is 24.5 Å². The van der Waals surface area contributed by atoms with Crippen LogP contribution in [-0.4, -0.2) is 32.3 Å². The highest BCUT2D eigenvalue weighted by atomic mass is 32.2. The van der Waals surface area contributed by atoms with Crippen LogP contribution in [0.5, 0.6) is 11.5 Å². The molecule has 0 aliphatic heterocycles. The van der Waals surface area contributed by atoms with Gasteiger partial charge in [0.05, 0.1) is 10.5 Å². The highest BCUT2D eigenvalue weighted by molar-refractivity contribution is 7.99. The summed E-state index contributed by atoms with van der Waals surface area (Å²) in [5.41, 5.74) is 3.55. The zero-order chi connectivity index (χ0) is 28.6. The van der Waals surface area contributed by atoms with Crippen LogP contribution in [0.4, 0.5) is 8.78 Å². The standard InChI is InChI=1S/C32H29F2N3O3S/c1-41-30-22-11-14-35-26(22)17-25(34)29(30)40-21-8-9-24(33)23(16-21)31-36-18-27(37-31)32(12-2-3-13-32)20-6-4-5-19(15-20)7-10-28(38)39/h4-6,8-9,11,14-18,35H,2-3,7,10,12-13H2,1H3,(H,36,37)(H,38,39). The third-order valence-corrected chi connectivity index (χ3v) is 8.80. The second kappa shape index (κ2) is 11.0. The van der Waals surface area contributed by atoms with Crippen LogP contribution in [-0.2, 0) is 16.6 Å². The molecule has 5 aromatic rings. The van der Waals surface area contributed by atoms with Crippen molar-refractivity contribution in [2.45, 2.75) is 48.8 Å². The summed E-state index contributed by atoms with van der Waals surface area (Å²) in [6, 6.07) is 15.7. The van der Waals surface area contributed by atoms with Crippen LogP contribution in [0, 0.1) is 11.6 Å². The fourth-order valence-corrected chi connectivity index (χ4v) is 6.68. The Balaban J connectivity index is 1.33. The van der Waals surface area contributed by atoms with E-state index in [-0.39, 0.29) is 23.1 Å². The van der Waals surface area contributed by atoms with E-state index in [9.17, 15) is 4.79 Å². The number of hydrogen-bond acceptors (Lipinski definition) is 4. The molecule has 3 N–H and O–H groups in total. The lowest BCUT2D eigenvalue weighted by Gasteiger charge is -2.29. The van der Waals surface area contributed by atoms with Crippen LogP contribution < -0.4 is 4.74 Å². The summed E-state index contributed by atoms with van der Waals surface area (Å²) >= 11 is 1.38. The lowest BCUT2D eigenvalue weighted by Crippen LogP contribution is -2.24. The molecular weight excluding hydrogens is 544 g/mol. The Morgan fingerprint density at radius 3 is 2.71 bits per heavy atom. The second-order valence-electron chi connectivity index (χ2n) is 10.4. The Morgan fingerprint density at radius 2 is 1.93 bits per heavy atom. The number of hydrogen-bond donors (Lipinski definition) is 3. The largest absolute Gasteiger partial charge is 0.481 e. The number of H-pyrrole nitrogens is 2. The fraction of sp³-hybridized carbons (Fsp3) is 0.250. The normalized spacial score (nSPS) is 14.5. The lowest BCUT2D eigenvalue weighted by atomic mass is 9.76. The average Bonchev–Trinajstić information content (AvgIpc) is 3.75. The summed E-state index contributed by atoms with van der Waals surface area (Å²) in [6.45, 7) is 0. The molecule has 2 aromatic heterocycles. The van der Waals surface area contributed by atoms with Crippen LogP contribution in [0.15, 0.2) is 71.9 Å². The van der Waals surface area contributed by atoms with Gasteiger partial charge in [-0.1, -0.05) is 37.1 Å². The molecule has 0 radical (unpaired) electrons. The molecule has 1 aliphatic rings. The summed E-state index contributed by atoms with van der Waals surface area (Å²) in [6.07, 6.45) is 9.80. The van der Waals surface area contributed by atoms with Gasteiger partial charge in [-0.25, -0.2) is 13.8 Å². The Kier molecular flexibility index (Phi) is 7.30. The monoisotopic (exact) mass is 573 g/mol. The van der Waals surface area contributed by atoms with E-state index in [1.165, 1.54) is 36.0 Å². The van der Waals surface area contributed by atoms with Crippen molar-refractivity contribution >= 4 is 28.6 Å². The molecule has 6 nitrogen and oxygen atoms in total. The van der Waals surface area contributed by atoms with Crippen LogP contribution in [0.2, 0.25) is 0 Å². The van der Waals surface area contributed by atoms with Gasteiger partial charge in [0.1, 0.15) is 17.4 Å². The molecule has 0 amide bonds. The van der Waals surface area contributed by atoms with Gasteiger partial charge >= 0.3 is 5.97 Å². The molecule has 1 fully saturated rings. The zero-order valence-corrected chi connectivity index (χ0v) is 23.3. The first kappa shape index (κ1) is 27.1. The molecule has 41 heavy (non-hydrogen) atoms. The molecule has 0 spiro atoms. The van der Waals surface area contributed by atoms with Gasteiger partial charge in [0.15, 0.2) is 11.6 Å². The third-order valence-electron chi connectivity index (χ3n) is 7.99. The van der Waals surface area contributed by atoms with E-state index >= 15 is 8.78 Å². The number of halogens is 2. The molecule has 3 aromatic carbocycles. The molecule has 1 aliphatic carbocycles. The summed E-state index contributed by atoms with van der Waals surface area (Å²) in [5, 5.41) is 9.97. The minimum absolute atomic E-state index is 0.0731. The second-order valence-corrected chi connectivity index (χ2v) is 11.2. The maximum absolute atomic E-state index is 15.1. The predicted octanol–water partition coefficient (Wildman–Crippen LogP) is 8.23. The van der Waals surface area contributed by atoms with E-state index in [1.54, 1.807) is 12.4 Å². The molecular formula is C32H29F2N3O3S. The molecule has 0 atom stereocenters. The van der Waals surface area contributed by atoms with Gasteiger partial charge in [-0.15, -0.1) is 11.8 Å². The van der Waals surface area contributed by atoms with E-state index in [2.05, 4.69) is 27.1 Å².